The Morgan fingerprint density at radius 3 is 3.18 bits per heavy atom. The van der Waals surface area contributed by atoms with E-state index >= 15 is 0 Å². The summed E-state index contributed by atoms with van der Waals surface area (Å²) in [6.45, 7) is 2.43. The fourth-order valence-corrected chi connectivity index (χ4v) is 1.91. The summed E-state index contributed by atoms with van der Waals surface area (Å²) in [5, 5.41) is 9.62. The number of nitrogens with zero attached hydrogens (tertiary/aromatic N) is 3. The van der Waals surface area contributed by atoms with Gasteiger partial charge >= 0.3 is 0 Å². The molecule has 0 radical (unpaired) electrons. The van der Waals surface area contributed by atoms with Crippen molar-refractivity contribution in [3.8, 4) is 5.88 Å². The number of rotatable bonds is 4. The minimum absolute atomic E-state index is 0.271. The molecule has 17 heavy (non-hydrogen) atoms. The average Bonchev–Trinajstić information content (AvgIpc) is 2.37. The lowest BCUT2D eigenvalue weighted by Crippen LogP contribution is -2.38. The van der Waals surface area contributed by atoms with E-state index in [0.717, 1.165) is 25.2 Å². The molecule has 1 aliphatic rings. The first-order valence-corrected chi connectivity index (χ1v) is 5.87. The van der Waals surface area contributed by atoms with Crippen LogP contribution in [0, 0.1) is 0 Å². The number of hydrogen-bond acceptors (Lipinski definition) is 6. The normalized spacial score (nSPS) is 20.4. The quantitative estimate of drug-likeness (QED) is 0.754. The molecule has 0 saturated carbocycles. The highest BCUT2D eigenvalue weighted by molar-refractivity contribution is 5.41. The van der Waals surface area contributed by atoms with Gasteiger partial charge in [-0.15, -0.1) is 0 Å². The van der Waals surface area contributed by atoms with Gasteiger partial charge in [0.15, 0.2) is 0 Å². The maximum Gasteiger partial charge on any atom is 0.218 e. The summed E-state index contributed by atoms with van der Waals surface area (Å²) >= 11 is 0. The fourth-order valence-electron chi connectivity index (χ4n) is 1.91. The molecule has 6 nitrogen and oxygen atoms in total. The molecule has 1 atom stereocenters. The van der Waals surface area contributed by atoms with Gasteiger partial charge in [-0.05, 0) is 12.8 Å². The van der Waals surface area contributed by atoms with Crippen molar-refractivity contribution < 1.29 is 9.84 Å². The van der Waals surface area contributed by atoms with Crippen LogP contribution in [0.4, 0.5) is 5.82 Å². The highest BCUT2D eigenvalue weighted by Crippen LogP contribution is 2.20. The second-order valence-electron chi connectivity index (χ2n) is 4.09. The van der Waals surface area contributed by atoms with Crippen molar-refractivity contribution in [3.63, 3.8) is 0 Å². The largest absolute Gasteiger partial charge is 0.476 e. The number of nitrogens with two attached hydrogens (primary N) is 1. The summed E-state index contributed by atoms with van der Waals surface area (Å²) in [5.41, 5.74) is 5.36. The summed E-state index contributed by atoms with van der Waals surface area (Å²) < 4.78 is 5.35. The van der Waals surface area contributed by atoms with E-state index in [1.807, 2.05) is 4.90 Å². The lowest BCUT2D eigenvalue weighted by Gasteiger charge is -2.30. The number of β-amino-alcohol motifs (C(OH)–C–C–N with tert-alkyl or cyclic N) is 1. The topological polar surface area (TPSA) is 84.5 Å². The van der Waals surface area contributed by atoms with Crippen molar-refractivity contribution in [1.82, 2.24) is 9.97 Å². The van der Waals surface area contributed by atoms with Gasteiger partial charge in [-0.25, -0.2) is 9.97 Å². The summed E-state index contributed by atoms with van der Waals surface area (Å²) in [5.74, 6) is 1.33. The van der Waals surface area contributed by atoms with Gasteiger partial charge in [0.1, 0.15) is 18.8 Å². The van der Waals surface area contributed by atoms with Crippen LogP contribution in [0.15, 0.2) is 12.4 Å². The van der Waals surface area contributed by atoms with Crippen LogP contribution in [0.1, 0.15) is 12.8 Å². The molecule has 1 saturated heterocycles. The van der Waals surface area contributed by atoms with Gasteiger partial charge in [0.2, 0.25) is 5.88 Å². The summed E-state index contributed by atoms with van der Waals surface area (Å²) in [6, 6.07) is 1.79. The van der Waals surface area contributed by atoms with Crippen molar-refractivity contribution in [2.24, 2.45) is 5.73 Å². The number of piperidine rings is 1. The first-order valence-electron chi connectivity index (χ1n) is 5.87. The summed E-state index contributed by atoms with van der Waals surface area (Å²) in [7, 11) is 0. The van der Waals surface area contributed by atoms with Crippen molar-refractivity contribution in [3.05, 3.63) is 12.4 Å². The molecule has 1 unspecified atom stereocenters. The SMILES string of the molecule is NCCOc1cc(N2CCCC(O)C2)ncn1. The number of aliphatic hydroxyl groups is 1. The van der Waals surface area contributed by atoms with E-state index in [-0.39, 0.29) is 6.10 Å². The van der Waals surface area contributed by atoms with Gasteiger partial charge in [0.05, 0.1) is 6.10 Å². The lowest BCUT2D eigenvalue weighted by molar-refractivity contribution is 0.154. The first-order chi connectivity index (χ1) is 8.29. The first kappa shape index (κ1) is 12.1. The van der Waals surface area contributed by atoms with Crippen LogP contribution in [-0.4, -0.2) is 47.4 Å². The third-order valence-electron chi connectivity index (χ3n) is 2.72. The summed E-state index contributed by atoms with van der Waals surface area (Å²) in [4.78, 5) is 10.3. The molecule has 0 amide bonds. The Hall–Kier alpha value is -1.40. The molecule has 0 bridgehead atoms. The van der Waals surface area contributed by atoms with Gasteiger partial charge in [0, 0.05) is 25.7 Å². The molecule has 2 rings (SSSR count). The Morgan fingerprint density at radius 1 is 1.53 bits per heavy atom. The number of aliphatic hydroxyl groups excluding tert-OH is 1. The van der Waals surface area contributed by atoms with Crippen molar-refractivity contribution in [2.75, 3.05) is 31.1 Å². The third kappa shape index (κ3) is 3.28. The molecule has 1 aromatic rings. The molecule has 1 fully saturated rings. The van der Waals surface area contributed by atoms with Crippen LogP contribution in [-0.2, 0) is 0 Å². The highest BCUT2D eigenvalue weighted by Gasteiger charge is 2.19. The monoisotopic (exact) mass is 238 g/mol. The molecule has 1 aromatic heterocycles. The second-order valence-corrected chi connectivity index (χ2v) is 4.09. The molecule has 6 heteroatoms. The smallest absolute Gasteiger partial charge is 0.218 e. The van der Waals surface area contributed by atoms with E-state index in [1.165, 1.54) is 6.33 Å². The standard InChI is InChI=1S/C11H18N4O2/c12-3-5-17-11-6-10(13-8-14-11)15-4-1-2-9(16)7-15/h6,8-9,16H,1-5,7,12H2. The summed E-state index contributed by atoms with van der Waals surface area (Å²) in [6.07, 6.45) is 3.04. The molecule has 3 N–H and O–H groups in total. The Bertz CT molecular complexity index is 361. The Labute approximate surface area is 100 Å². The molecule has 1 aliphatic heterocycles. The third-order valence-corrected chi connectivity index (χ3v) is 2.72. The highest BCUT2D eigenvalue weighted by atomic mass is 16.5. The predicted octanol–water partition coefficient (Wildman–Crippen LogP) is -0.225. The van der Waals surface area contributed by atoms with E-state index in [4.69, 9.17) is 10.5 Å². The molecule has 94 valence electrons. The second kappa shape index (κ2) is 5.79. The molecular weight excluding hydrogens is 220 g/mol. The number of anilines is 1. The van der Waals surface area contributed by atoms with E-state index in [0.29, 0.717) is 25.6 Å². The van der Waals surface area contributed by atoms with E-state index < -0.39 is 0 Å². The minimum Gasteiger partial charge on any atom is -0.476 e. The zero-order valence-corrected chi connectivity index (χ0v) is 9.75. The minimum atomic E-state index is -0.271. The van der Waals surface area contributed by atoms with E-state index in [9.17, 15) is 5.11 Å². The van der Waals surface area contributed by atoms with Gasteiger partial charge in [-0.3, -0.25) is 0 Å². The van der Waals surface area contributed by atoms with Crippen molar-refractivity contribution in [1.29, 1.82) is 0 Å². The maximum atomic E-state index is 9.62. The van der Waals surface area contributed by atoms with Crippen LogP contribution in [0.2, 0.25) is 0 Å². The van der Waals surface area contributed by atoms with Gasteiger partial charge in [0.25, 0.3) is 0 Å². The fraction of sp³-hybridized carbons (Fsp3) is 0.636. The van der Waals surface area contributed by atoms with Crippen LogP contribution in [0.5, 0.6) is 5.88 Å². The van der Waals surface area contributed by atoms with E-state index in [1.54, 1.807) is 6.07 Å². The number of ether oxygens (including phenoxy) is 1. The zero-order valence-electron chi connectivity index (χ0n) is 9.75. The lowest BCUT2D eigenvalue weighted by atomic mass is 10.1. The van der Waals surface area contributed by atoms with Crippen molar-refractivity contribution >= 4 is 5.82 Å². The Kier molecular flexibility index (Phi) is 4.11. The zero-order chi connectivity index (χ0) is 12.1. The van der Waals surface area contributed by atoms with Crippen LogP contribution in [0.25, 0.3) is 0 Å². The van der Waals surface area contributed by atoms with Gasteiger partial charge in [-0.1, -0.05) is 0 Å². The average molecular weight is 238 g/mol. The Morgan fingerprint density at radius 2 is 2.41 bits per heavy atom. The maximum absolute atomic E-state index is 9.62. The van der Waals surface area contributed by atoms with E-state index in [2.05, 4.69) is 9.97 Å². The molecule has 0 aromatic carbocycles. The predicted molar refractivity (Wildman–Crippen MR) is 64.0 cm³/mol. The molecule has 0 aliphatic carbocycles. The van der Waals surface area contributed by atoms with Gasteiger partial charge in [-0.2, -0.15) is 0 Å². The molecule has 0 spiro atoms. The van der Waals surface area contributed by atoms with Crippen molar-refractivity contribution in [2.45, 2.75) is 18.9 Å². The Balaban J connectivity index is 2.04. The van der Waals surface area contributed by atoms with Gasteiger partial charge < -0.3 is 20.5 Å². The number of aromatic nitrogens is 2. The van der Waals surface area contributed by atoms with Crippen LogP contribution in [0.3, 0.4) is 0 Å². The van der Waals surface area contributed by atoms with Crippen LogP contribution >= 0.6 is 0 Å². The molecule has 2 heterocycles. The number of hydrogen-bond donors (Lipinski definition) is 2. The van der Waals surface area contributed by atoms with Crippen LogP contribution < -0.4 is 15.4 Å². The molecular formula is C11H18N4O2.